The molecule has 0 fully saturated rings. The molecule has 5 nitrogen and oxygen atoms in total. The van der Waals surface area contributed by atoms with Crippen LogP contribution in [-0.2, 0) is 0 Å². The van der Waals surface area contributed by atoms with Gasteiger partial charge in [0.15, 0.2) is 0 Å². The summed E-state index contributed by atoms with van der Waals surface area (Å²) in [6, 6.07) is 2.47. The molecule has 0 aliphatic rings. The predicted octanol–water partition coefficient (Wildman–Crippen LogP) is 1.53. The van der Waals surface area contributed by atoms with Crippen LogP contribution in [0.2, 0.25) is 0 Å². The van der Waals surface area contributed by atoms with Gasteiger partial charge in [0, 0.05) is 37.8 Å². The van der Waals surface area contributed by atoms with Crippen molar-refractivity contribution >= 4 is 37.9 Å². The number of benzene rings is 1. The fourth-order valence-corrected chi connectivity index (χ4v) is 1.24. The Labute approximate surface area is 105 Å². The molecule has 6 heteroatoms. The van der Waals surface area contributed by atoms with E-state index in [2.05, 4.69) is 0 Å². The minimum Gasteiger partial charge on any atom is -0.478 e. The fraction of sp³-hybridized carbons (Fsp3) is 0.222. The van der Waals surface area contributed by atoms with Gasteiger partial charge in [0.25, 0.3) is 5.69 Å². The number of nitrogens with zero attached hydrogens (tertiary/aromatic N) is 1. The number of carboxylic acids is 1. The maximum atomic E-state index is 10.7. The van der Waals surface area contributed by atoms with Crippen molar-refractivity contribution in [2.45, 2.75) is 13.8 Å². The average molecular weight is 404 g/mol. The van der Waals surface area contributed by atoms with Crippen LogP contribution in [0.25, 0.3) is 0 Å². The quantitative estimate of drug-likeness (QED) is 0.461. The molecule has 1 aromatic carbocycles. The summed E-state index contributed by atoms with van der Waals surface area (Å²) in [6.45, 7) is 3.10. The van der Waals surface area contributed by atoms with Crippen molar-refractivity contribution in [3.05, 3.63) is 38.9 Å². The third kappa shape index (κ3) is 2.72. The zero-order valence-electron chi connectivity index (χ0n) is 8.22. The Hall–Kier alpha value is -1.03. The van der Waals surface area contributed by atoms with E-state index in [9.17, 15) is 14.9 Å². The second kappa shape index (κ2) is 5.17. The second-order valence-electron chi connectivity index (χ2n) is 2.94. The Balaban J connectivity index is 0.00000196. The van der Waals surface area contributed by atoms with Crippen LogP contribution in [0.15, 0.2) is 12.1 Å². The third-order valence-electron chi connectivity index (χ3n) is 2.19. The minimum absolute atomic E-state index is 0. The number of aromatic carboxylic acids is 1. The number of hydrogen-bond donors (Lipinski definition) is 1. The van der Waals surface area contributed by atoms with Gasteiger partial charge in [-0.1, -0.05) is 0 Å². The number of rotatable bonds is 2. The number of nitro benzene ring substituents is 1. The summed E-state index contributed by atoms with van der Waals surface area (Å²) in [5.74, 6) is -1.07. The van der Waals surface area contributed by atoms with E-state index < -0.39 is 10.9 Å². The first-order valence-electron chi connectivity index (χ1n) is 3.93. The predicted molar refractivity (Wildman–Crippen MR) is 55.3 cm³/mol. The Morgan fingerprint density at radius 1 is 1.33 bits per heavy atom. The van der Waals surface area contributed by atoms with Crippen molar-refractivity contribution in [3.8, 4) is 0 Å². The van der Waals surface area contributed by atoms with E-state index >= 15 is 0 Å². The van der Waals surface area contributed by atoms with Crippen LogP contribution in [-0.4, -0.2) is 42.2 Å². The third-order valence-corrected chi connectivity index (χ3v) is 2.19. The summed E-state index contributed by atoms with van der Waals surface area (Å²) in [5, 5.41) is 19.3. The minimum atomic E-state index is -1.07. The summed E-state index contributed by atoms with van der Waals surface area (Å²) in [6.07, 6.45) is 0. The van der Waals surface area contributed by atoms with Crippen molar-refractivity contribution in [1.29, 1.82) is 0 Å². The Bertz CT molecular complexity index is 378. The molecule has 0 aliphatic carbocycles. The molecule has 0 bridgehead atoms. The number of nitro groups is 1. The first-order valence-corrected chi connectivity index (χ1v) is 3.93. The summed E-state index contributed by atoms with van der Waals surface area (Å²) in [4.78, 5) is 20.7. The molecule has 1 rings (SSSR count). The zero-order valence-corrected chi connectivity index (χ0v) is 11.7. The molecule has 1 aromatic rings. The van der Waals surface area contributed by atoms with Crippen LogP contribution in [0.5, 0.6) is 0 Å². The molecule has 79 valence electrons. The topological polar surface area (TPSA) is 80.4 Å². The van der Waals surface area contributed by atoms with Gasteiger partial charge in [-0.25, -0.2) is 4.79 Å². The zero-order chi connectivity index (χ0) is 10.9. The standard InChI is InChI=1S/C9H9NO4.Bi/c1-5-6(2)8(10(13)14)4-3-7(5)9(11)12;/h3-4H,1-2H3,(H,11,12);. The van der Waals surface area contributed by atoms with Gasteiger partial charge in [-0.2, -0.15) is 0 Å². The largest absolute Gasteiger partial charge is 0.478 e. The van der Waals surface area contributed by atoms with Crippen LogP contribution in [0.4, 0.5) is 5.69 Å². The van der Waals surface area contributed by atoms with Crippen molar-refractivity contribution in [1.82, 2.24) is 0 Å². The molecule has 0 aromatic heterocycles. The number of carbonyl (C=O) groups is 1. The Morgan fingerprint density at radius 2 is 1.87 bits per heavy atom. The van der Waals surface area contributed by atoms with E-state index in [0.717, 1.165) is 0 Å². The van der Waals surface area contributed by atoms with E-state index in [0.29, 0.717) is 11.1 Å². The van der Waals surface area contributed by atoms with E-state index in [1.54, 1.807) is 13.8 Å². The van der Waals surface area contributed by atoms with Gasteiger partial charge in [-0.05, 0) is 25.5 Å². The van der Waals surface area contributed by atoms with Gasteiger partial charge in [0.2, 0.25) is 0 Å². The monoisotopic (exact) mass is 404 g/mol. The molecule has 3 radical (unpaired) electrons. The van der Waals surface area contributed by atoms with Gasteiger partial charge in [0.05, 0.1) is 10.5 Å². The maximum absolute atomic E-state index is 10.7. The normalized spacial score (nSPS) is 9.20. The Kier molecular flexibility index (Phi) is 4.81. The molecular weight excluding hydrogens is 395 g/mol. The smallest absolute Gasteiger partial charge is 0.335 e. The molecule has 1 N–H and O–H groups in total. The van der Waals surface area contributed by atoms with Crippen molar-refractivity contribution in [3.63, 3.8) is 0 Å². The van der Waals surface area contributed by atoms with E-state index in [-0.39, 0.29) is 37.5 Å². The molecule has 0 atom stereocenters. The van der Waals surface area contributed by atoms with Crippen LogP contribution in [0.3, 0.4) is 0 Å². The molecule has 0 heterocycles. The van der Waals surface area contributed by atoms with Gasteiger partial charge in [-0.15, -0.1) is 0 Å². The molecular formula is C9H9BiNO4. The molecule has 0 aliphatic heterocycles. The molecule has 0 unspecified atom stereocenters. The molecule has 0 saturated heterocycles. The summed E-state index contributed by atoms with van der Waals surface area (Å²) >= 11 is 0. The van der Waals surface area contributed by atoms with Gasteiger partial charge < -0.3 is 5.11 Å². The van der Waals surface area contributed by atoms with Crippen LogP contribution in [0.1, 0.15) is 21.5 Å². The van der Waals surface area contributed by atoms with Crippen molar-refractivity contribution in [2.24, 2.45) is 0 Å². The summed E-state index contributed by atoms with van der Waals surface area (Å²) in [5.41, 5.74) is 0.891. The number of hydrogen-bond acceptors (Lipinski definition) is 3. The van der Waals surface area contributed by atoms with Crippen LogP contribution < -0.4 is 0 Å². The van der Waals surface area contributed by atoms with Gasteiger partial charge in [-0.3, -0.25) is 10.1 Å². The molecule has 0 spiro atoms. The van der Waals surface area contributed by atoms with E-state index in [1.165, 1.54) is 12.1 Å². The molecule has 0 saturated carbocycles. The first-order chi connectivity index (χ1) is 6.45. The van der Waals surface area contributed by atoms with Gasteiger partial charge >= 0.3 is 5.97 Å². The summed E-state index contributed by atoms with van der Waals surface area (Å²) in [7, 11) is 0. The van der Waals surface area contributed by atoms with E-state index in [1.807, 2.05) is 0 Å². The SMILES string of the molecule is Cc1c(C(=O)O)ccc([N+](=O)[O-])c1C.[Bi]. The molecule has 0 amide bonds. The Morgan fingerprint density at radius 3 is 2.27 bits per heavy atom. The maximum Gasteiger partial charge on any atom is 0.335 e. The fourth-order valence-electron chi connectivity index (χ4n) is 1.24. The molecule has 15 heavy (non-hydrogen) atoms. The van der Waals surface area contributed by atoms with Crippen molar-refractivity contribution in [2.75, 3.05) is 0 Å². The second-order valence-corrected chi connectivity index (χ2v) is 2.94. The van der Waals surface area contributed by atoms with Crippen molar-refractivity contribution < 1.29 is 14.8 Å². The number of carboxylic acid groups (broad SMARTS) is 1. The average Bonchev–Trinajstić information content (AvgIpc) is 2.08. The van der Waals surface area contributed by atoms with Crippen LogP contribution >= 0.6 is 0 Å². The summed E-state index contributed by atoms with van der Waals surface area (Å²) < 4.78 is 0. The van der Waals surface area contributed by atoms with Gasteiger partial charge in [0.1, 0.15) is 0 Å². The van der Waals surface area contributed by atoms with Crippen LogP contribution in [0, 0.1) is 24.0 Å². The van der Waals surface area contributed by atoms with E-state index in [4.69, 9.17) is 5.11 Å². The first kappa shape index (κ1) is 14.0.